The quantitative estimate of drug-likeness (QED) is 0.764. The molecule has 2 N–H and O–H groups in total. The Kier molecular flexibility index (Phi) is 6.17. The van der Waals surface area contributed by atoms with E-state index >= 15 is 0 Å². The highest BCUT2D eigenvalue weighted by Gasteiger charge is 2.27. The smallest absolute Gasteiger partial charge is 0.321 e. The second-order valence-corrected chi connectivity index (χ2v) is 6.49. The molecule has 7 heteroatoms. The number of aryl methyl sites for hydroxylation is 1. The van der Waals surface area contributed by atoms with E-state index in [9.17, 15) is 13.2 Å². The molecule has 0 saturated carbocycles. The number of ether oxygens (including phenoxy) is 1. The van der Waals surface area contributed by atoms with Gasteiger partial charge in [-0.3, -0.25) is 4.79 Å². The Balaban J connectivity index is 3.09. The number of sulfonamides is 1. The summed E-state index contributed by atoms with van der Waals surface area (Å²) in [7, 11) is -2.59. The first-order chi connectivity index (χ1) is 9.81. The van der Waals surface area contributed by atoms with Gasteiger partial charge in [0.15, 0.2) is 0 Å². The van der Waals surface area contributed by atoms with E-state index in [2.05, 4.69) is 4.72 Å². The van der Waals surface area contributed by atoms with E-state index in [-0.39, 0.29) is 17.1 Å². The molecule has 21 heavy (non-hydrogen) atoms. The van der Waals surface area contributed by atoms with Gasteiger partial charge in [0.2, 0.25) is 10.0 Å². The van der Waals surface area contributed by atoms with E-state index in [1.165, 1.54) is 13.2 Å². The lowest BCUT2D eigenvalue weighted by Gasteiger charge is -2.16. The van der Waals surface area contributed by atoms with Crippen molar-refractivity contribution in [2.45, 2.75) is 44.0 Å². The lowest BCUT2D eigenvalue weighted by molar-refractivity contribution is -0.139. The first-order valence-corrected chi connectivity index (χ1v) is 8.20. The number of carboxylic acids is 1. The minimum Gasteiger partial charge on any atom is -0.495 e. The molecule has 0 aliphatic carbocycles. The van der Waals surface area contributed by atoms with Crippen LogP contribution in [0.25, 0.3) is 0 Å². The molecular weight excluding hydrogens is 294 g/mol. The molecule has 0 heterocycles. The first-order valence-electron chi connectivity index (χ1n) is 6.71. The van der Waals surface area contributed by atoms with Crippen molar-refractivity contribution in [3.63, 3.8) is 0 Å². The summed E-state index contributed by atoms with van der Waals surface area (Å²) < 4.78 is 32.1. The highest BCUT2D eigenvalue weighted by molar-refractivity contribution is 7.89. The molecule has 0 aliphatic heterocycles. The average Bonchev–Trinajstić information content (AvgIpc) is 2.43. The molecule has 0 saturated heterocycles. The van der Waals surface area contributed by atoms with Gasteiger partial charge in [0.25, 0.3) is 0 Å². The van der Waals surface area contributed by atoms with E-state index in [0.29, 0.717) is 6.42 Å². The van der Waals surface area contributed by atoms with Crippen LogP contribution in [0.3, 0.4) is 0 Å². The predicted octanol–water partition coefficient (Wildman–Crippen LogP) is 1.93. The number of carboxylic acid groups (broad SMARTS) is 1. The monoisotopic (exact) mass is 315 g/mol. The fourth-order valence-corrected chi connectivity index (χ4v) is 3.36. The molecule has 0 aromatic heterocycles. The fraction of sp³-hybridized carbons (Fsp3) is 0.500. The van der Waals surface area contributed by atoms with Crippen LogP contribution >= 0.6 is 0 Å². The number of aliphatic carboxylic acids is 1. The van der Waals surface area contributed by atoms with Crippen molar-refractivity contribution in [1.29, 1.82) is 0 Å². The van der Waals surface area contributed by atoms with Crippen LogP contribution in [-0.2, 0) is 14.8 Å². The van der Waals surface area contributed by atoms with Crippen LogP contribution in [0.5, 0.6) is 5.75 Å². The predicted molar refractivity (Wildman–Crippen MR) is 79.0 cm³/mol. The Labute approximate surface area is 125 Å². The average molecular weight is 315 g/mol. The van der Waals surface area contributed by atoms with Gasteiger partial charge in [0, 0.05) is 0 Å². The summed E-state index contributed by atoms with van der Waals surface area (Å²) in [6.07, 6.45) is 1.67. The minimum atomic E-state index is -3.96. The zero-order chi connectivity index (χ0) is 16.0. The van der Waals surface area contributed by atoms with E-state index in [1.807, 2.05) is 6.92 Å². The molecule has 0 bridgehead atoms. The molecule has 6 nitrogen and oxygen atoms in total. The molecule has 1 atom stereocenters. The standard InChI is InChI=1S/C14H21NO5S/c1-4-5-6-11(14(16)17)15-21(18,19)13-9-10(2)7-8-12(13)20-3/h7-9,11,15H,4-6H2,1-3H3,(H,16,17)/t11-/m0/s1. The zero-order valence-electron chi connectivity index (χ0n) is 12.4. The van der Waals surface area contributed by atoms with Gasteiger partial charge >= 0.3 is 5.97 Å². The second kappa shape index (κ2) is 7.42. The molecule has 0 radical (unpaired) electrons. The Morgan fingerprint density at radius 2 is 2.10 bits per heavy atom. The third-order valence-electron chi connectivity index (χ3n) is 3.05. The van der Waals surface area contributed by atoms with E-state index in [1.54, 1.807) is 19.1 Å². The molecule has 1 aromatic rings. The van der Waals surface area contributed by atoms with Gasteiger partial charge in [-0.2, -0.15) is 4.72 Å². The molecular formula is C14H21NO5S. The molecule has 0 amide bonds. The molecule has 118 valence electrons. The van der Waals surface area contributed by atoms with E-state index in [4.69, 9.17) is 9.84 Å². The van der Waals surface area contributed by atoms with Gasteiger partial charge in [-0.05, 0) is 31.0 Å². The van der Waals surface area contributed by atoms with Crippen molar-refractivity contribution in [3.8, 4) is 5.75 Å². The third kappa shape index (κ3) is 4.71. The van der Waals surface area contributed by atoms with Crippen LogP contribution < -0.4 is 9.46 Å². The maximum atomic E-state index is 12.4. The summed E-state index contributed by atoms with van der Waals surface area (Å²) in [5.41, 5.74) is 0.747. The Hall–Kier alpha value is -1.60. The topological polar surface area (TPSA) is 92.7 Å². The Morgan fingerprint density at radius 3 is 2.62 bits per heavy atom. The SMILES string of the molecule is CCCC[C@H](NS(=O)(=O)c1cc(C)ccc1OC)C(=O)O. The van der Waals surface area contributed by atoms with Crippen molar-refractivity contribution in [3.05, 3.63) is 23.8 Å². The van der Waals surface area contributed by atoms with Gasteiger partial charge < -0.3 is 9.84 Å². The lowest BCUT2D eigenvalue weighted by Crippen LogP contribution is -2.40. The second-order valence-electron chi connectivity index (χ2n) is 4.81. The molecule has 0 fully saturated rings. The van der Waals surface area contributed by atoms with Crippen LogP contribution in [0, 0.1) is 6.92 Å². The number of hydrogen-bond donors (Lipinski definition) is 2. The van der Waals surface area contributed by atoms with E-state index < -0.39 is 22.0 Å². The highest BCUT2D eigenvalue weighted by Crippen LogP contribution is 2.25. The summed E-state index contributed by atoms with van der Waals surface area (Å²) in [4.78, 5) is 11.1. The third-order valence-corrected chi connectivity index (χ3v) is 4.54. The van der Waals surface area contributed by atoms with Gasteiger partial charge in [0.1, 0.15) is 16.7 Å². The van der Waals surface area contributed by atoms with Crippen molar-refractivity contribution >= 4 is 16.0 Å². The minimum absolute atomic E-state index is 0.0484. The van der Waals surface area contributed by atoms with Crippen molar-refractivity contribution in [2.24, 2.45) is 0 Å². The molecule has 1 rings (SSSR count). The van der Waals surface area contributed by atoms with Crippen LogP contribution in [0.15, 0.2) is 23.1 Å². The summed E-state index contributed by atoms with van der Waals surface area (Å²) in [6, 6.07) is 3.59. The number of benzene rings is 1. The van der Waals surface area contributed by atoms with Crippen molar-refractivity contribution in [2.75, 3.05) is 7.11 Å². The normalized spacial score (nSPS) is 12.9. The van der Waals surface area contributed by atoms with Gasteiger partial charge in [-0.25, -0.2) is 8.42 Å². The maximum Gasteiger partial charge on any atom is 0.321 e. The highest BCUT2D eigenvalue weighted by atomic mass is 32.2. The summed E-state index contributed by atoms with van der Waals surface area (Å²) >= 11 is 0. The summed E-state index contributed by atoms with van der Waals surface area (Å²) in [5.74, 6) is -0.994. The molecule has 0 aliphatic rings. The number of unbranched alkanes of at least 4 members (excludes halogenated alkanes) is 1. The van der Waals surface area contributed by atoms with Crippen molar-refractivity contribution < 1.29 is 23.1 Å². The summed E-state index contributed by atoms with van der Waals surface area (Å²) in [5, 5.41) is 9.13. The largest absolute Gasteiger partial charge is 0.495 e. The molecule has 1 aromatic carbocycles. The fourth-order valence-electron chi connectivity index (χ4n) is 1.89. The molecule has 0 spiro atoms. The number of hydrogen-bond acceptors (Lipinski definition) is 4. The number of nitrogens with one attached hydrogen (secondary N) is 1. The van der Waals surface area contributed by atoms with Gasteiger partial charge in [-0.15, -0.1) is 0 Å². The number of methoxy groups -OCH3 is 1. The Morgan fingerprint density at radius 1 is 1.43 bits per heavy atom. The number of carbonyl (C=O) groups is 1. The zero-order valence-corrected chi connectivity index (χ0v) is 13.2. The van der Waals surface area contributed by atoms with E-state index in [0.717, 1.165) is 12.0 Å². The number of rotatable bonds is 8. The van der Waals surface area contributed by atoms with Crippen LogP contribution in [0.4, 0.5) is 0 Å². The van der Waals surface area contributed by atoms with Crippen LogP contribution in [-0.4, -0.2) is 32.6 Å². The van der Waals surface area contributed by atoms with Gasteiger partial charge in [-0.1, -0.05) is 25.8 Å². The molecule has 0 unspecified atom stereocenters. The van der Waals surface area contributed by atoms with Crippen LogP contribution in [0.2, 0.25) is 0 Å². The first kappa shape index (κ1) is 17.5. The maximum absolute atomic E-state index is 12.4. The van der Waals surface area contributed by atoms with Gasteiger partial charge in [0.05, 0.1) is 7.11 Å². The lowest BCUT2D eigenvalue weighted by atomic mass is 10.1. The Bertz CT molecular complexity index is 597. The van der Waals surface area contributed by atoms with Crippen molar-refractivity contribution in [1.82, 2.24) is 4.72 Å². The summed E-state index contributed by atoms with van der Waals surface area (Å²) in [6.45, 7) is 3.67. The van der Waals surface area contributed by atoms with Crippen LogP contribution in [0.1, 0.15) is 31.7 Å².